The van der Waals surface area contributed by atoms with E-state index in [0.717, 1.165) is 6.54 Å². The predicted octanol–water partition coefficient (Wildman–Crippen LogP) is 3.03. The molecule has 1 heterocycles. The summed E-state index contributed by atoms with van der Waals surface area (Å²) in [6.07, 6.45) is 5.12. The van der Waals surface area contributed by atoms with E-state index in [-0.39, 0.29) is 0 Å². The fourth-order valence-corrected chi connectivity index (χ4v) is 2.73. The van der Waals surface area contributed by atoms with Gasteiger partial charge in [-0.25, -0.2) is 0 Å². The van der Waals surface area contributed by atoms with Gasteiger partial charge >= 0.3 is 0 Å². The molecule has 1 aromatic rings. The zero-order valence-corrected chi connectivity index (χ0v) is 12.9. The molecular weight excluding hydrogens is 242 g/mol. The van der Waals surface area contributed by atoms with Gasteiger partial charge in [0.05, 0.1) is 6.54 Å². The molecule has 0 amide bonds. The highest BCUT2D eigenvalue weighted by Crippen LogP contribution is 2.09. The molecule has 104 valence electrons. The summed E-state index contributed by atoms with van der Waals surface area (Å²) in [6, 6.07) is 3.05. The molecule has 1 aromatic heterocycles. The summed E-state index contributed by atoms with van der Waals surface area (Å²) >= 11 is 2.02. The Hall–Kier alpha value is -0.480. The zero-order valence-electron chi connectivity index (χ0n) is 12.1. The second-order valence-corrected chi connectivity index (χ2v) is 6.53. The molecule has 0 saturated carbocycles. The highest BCUT2D eigenvalue weighted by molar-refractivity contribution is 7.99. The van der Waals surface area contributed by atoms with Crippen LogP contribution in [0.4, 0.5) is 0 Å². The highest BCUT2D eigenvalue weighted by atomic mass is 32.2. The topological polar surface area (TPSA) is 29.9 Å². The van der Waals surface area contributed by atoms with E-state index in [9.17, 15) is 0 Å². The maximum atomic E-state index is 4.29. The van der Waals surface area contributed by atoms with E-state index < -0.39 is 0 Å². The van der Waals surface area contributed by atoms with E-state index in [1.54, 1.807) is 0 Å². The molecule has 4 heteroatoms. The van der Waals surface area contributed by atoms with Crippen molar-refractivity contribution >= 4 is 11.8 Å². The molecule has 18 heavy (non-hydrogen) atoms. The second-order valence-electron chi connectivity index (χ2n) is 5.13. The van der Waals surface area contributed by atoms with Crippen molar-refractivity contribution in [3.63, 3.8) is 0 Å². The van der Waals surface area contributed by atoms with Crippen LogP contribution in [0.2, 0.25) is 0 Å². The summed E-state index contributed by atoms with van der Waals surface area (Å²) < 4.78 is 2.02. The molecule has 0 aromatic carbocycles. The molecule has 0 saturated heterocycles. The Bertz CT molecular complexity index is 298. The van der Waals surface area contributed by atoms with Crippen molar-refractivity contribution in [3.05, 3.63) is 18.5 Å². The molecule has 1 rings (SSSR count). The summed E-state index contributed by atoms with van der Waals surface area (Å²) in [4.78, 5) is 0. The number of nitrogens with one attached hydrogen (secondary N) is 1. The molecule has 0 aliphatic heterocycles. The summed E-state index contributed by atoms with van der Waals surface area (Å²) in [5, 5.41) is 8.03. The molecule has 2 unspecified atom stereocenters. The monoisotopic (exact) mass is 269 g/mol. The number of hydrogen-bond donors (Lipinski definition) is 1. The van der Waals surface area contributed by atoms with Crippen molar-refractivity contribution in [2.24, 2.45) is 5.92 Å². The Morgan fingerprint density at radius 1 is 1.33 bits per heavy atom. The minimum Gasteiger partial charge on any atom is -0.309 e. The fraction of sp³-hybridized carbons (Fsp3) is 0.786. The minimum absolute atomic E-state index is 0.492. The predicted molar refractivity (Wildman–Crippen MR) is 81.1 cm³/mol. The molecule has 3 nitrogen and oxygen atoms in total. The van der Waals surface area contributed by atoms with Gasteiger partial charge in [-0.05, 0) is 36.8 Å². The van der Waals surface area contributed by atoms with Crippen molar-refractivity contribution in [2.75, 3.05) is 11.5 Å². The first-order valence-electron chi connectivity index (χ1n) is 6.94. The van der Waals surface area contributed by atoms with Crippen LogP contribution < -0.4 is 5.32 Å². The van der Waals surface area contributed by atoms with Crippen LogP contribution in [0.5, 0.6) is 0 Å². The van der Waals surface area contributed by atoms with E-state index in [0.29, 0.717) is 18.0 Å². The molecule has 0 aliphatic carbocycles. The van der Waals surface area contributed by atoms with Crippen molar-refractivity contribution in [1.29, 1.82) is 0 Å². The Morgan fingerprint density at radius 3 is 2.67 bits per heavy atom. The largest absolute Gasteiger partial charge is 0.309 e. The van der Waals surface area contributed by atoms with E-state index in [1.165, 1.54) is 17.9 Å². The highest BCUT2D eigenvalue weighted by Gasteiger charge is 2.16. The normalized spacial score (nSPS) is 14.9. The van der Waals surface area contributed by atoms with Crippen LogP contribution in [0.15, 0.2) is 18.5 Å². The quantitative estimate of drug-likeness (QED) is 0.699. The maximum Gasteiger partial charge on any atom is 0.0565 e. The molecule has 0 radical (unpaired) electrons. The van der Waals surface area contributed by atoms with E-state index in [2.05, 4.69) is 38.1 Å². The standard InChI is InChI=1S/C14H27N3S/c1-5-18-10-7-13(4)16-14(12(2)3)11-17-9-6-8-15-17/h6,8-9,12-14,16H,5,7,10-11H2,1-4H3. The van der Waals surface area contributed by atoms with Crippen LogP contribution >= 0.6 is 11.8 Å². The maximum absolute atomic E-state index is 4.29. The lowest BCUT2D eigenvalue weighted by atomic mass is 10.0. The lowest BCUT2D eigenvalue weighted by Gasteiger charge is -2.26. The van der Waals surface area contributed by atoms with Crippen LogP contribution in [0.3, 0.4) is 0 Å². The summed E-state index contributed by atoms with van der Waals surface area (Å²) in [6.45, 7) is 10.0. The number of nitrogens with zero attached hydrogens (tertiary/aromatic N) is 2. The van der Waals surface area contributed by atoms with Gasteiger partial charge in [-0.1, -0.05) is 20.8 Å². The number of aromatic nitrogens is 2. The van der Waals surface area contributed by atoms with Crippen LogP contribution in [0.1, 0.15) is 34.1 Å². The van der Waals surface area contributed by atoms with Gasteiger partial charge in [-0.3, -0.25) is 4.68 Å². The summed E-state index contributed by atoms with van der Waals surface area (Å²) in [5.41, 5.74) is 0. The summed E-state index contributed by atoms with van der Waals surface area (Å²) in [7, 11) is 0. The third kappa shape index (κ3) is 5.91. The van der Waals surface area contributed by atoms with Gasteiger partial charge in [0, 0.05) is 24.5 Å². The second kappa shape index (κ2) is 8.59. The Morgan fingerprint density at radius 2 is 2.11 bits per heavy atom. The smallest absolute Gasteiger partial charge is 0.0565 e. The van der Waals surface area contributed by atoms with Crippen molar-refractivity contribution < 1.29 is 0 Å². The Kier molecular flexibility index (Phi) is 7.44. The van der Waals surface area contributed by atoms with Gasteiger partial charge in [0.15, 0.2) is 0 Å². The third-order valence-electron chi connectivity index (χ3n) is 3.15. The molecule has 0 fully saturated rings. The fourth-order valence-electron chi connectivity index (χ4n) is 1.92. The lowest BCUT2D eigenvalue weighted by molar-refractivity contribution is 0.312. The van der Waals surface area contributed by atoms with Gasteiger partial charge in [0.2, 0.25) is 0 Å². The molecular formula is C14H27N3S. The molecule has 0 spiro atoms. The average molecular weight is 269 g/mol. The van der Waals surface area contributed by atoms with Gasteiger partial charge in [-0.15, -0.1) is 0 Å². The number of rotatable bonds is 9. The van der Waals surface area contributed by atoms with Gasteiger partial charge in [0.25, 0.3) is 0 Å². The van der Waals surface area contributed by atoms with Gasteiger partial charge < -0.3 is 5.32 Å². The zero-order chi connectivity index (χ0) is 13.4. The lowest BCUT2D eigenvalue weighted by Crippen LogP contribution is -2.43. The van der Waals surface area contributed by atoms with Gasteiger partial charge in [0.1, 0.15) is 0 Å². The van der Waals surface area contributed by atoms with Crippen molar-refractivity contribution in [1.82, 2.24) is 15.1 Å². The van der Waals surface area contributed by atoms with Crippen LogP contribution in [-0.4, -0.2) is 33.4 Å². The number of thioether (sulfide) groups is 1. The first-order chi connectivity index (χ1) is 8.63. The van der Waals surface area contributed by atoms with E-state index in [1.807, 2.05) is 34.9 Å². The van der Waals surface area contributed by atoms with Gasteiger partial charge in [-0.2, -0.15) is 16.9 Å². The molecule has 2 atom stereocenters. The molecule has 1 N–H and O–H groups in total. The molecule has 0 aliphatic rings. The van der Waals surface area contributed by atoms with E-state index >= 15 is 0 Å². The van der Waals surface area contributed by atoms with Crippen molar-refractivity contribution in [2.45, 2.75) is 52.7 Å². The summed E-state index contributed by atoms with van der Waals surface area (Å²) in [5.74, 6) is 3.08. The minimum atomic E-state index is 0.492. The Balaban J connectivity index is 2.37. The number of hydrogen-bond acceptors (Lipinski definition) is 3. The first-order valence-corrected chi connectivity index (χ1v) is 8.10. The SMILES string of the molecule is CCSCCC(C)NC(Cn1cccn1)C(C)C. The molecule has 0 bridgehead atoms. The first kappa shape index (κ1) is 15.6. The average Bonchev–Trinajstić information content (AvgIpc) is 2.81. The van der Waals surface area contributed by atoms with Crippen molar-refractivity contribution in [3.8, 4) is 0 Å². The van der Waals surface area contributed by atoms with E-state index in [4.69, 9.17) is 0 Å². The Labute approximate surface area is 116 Å². The van der Waals surface area contributed by atoms with Crippen LogP contribution in [-0.2, 0) is 6.54 Å². The third-order valence-corrected chi connectivity index (χ3v) is 4.08. The van der Waals surface area contributed by atoms with Crippen LogP contribution in [0.25, 0.3) is 0 Å². The van der Waals surface area contributed by atoms with Crippen LogP contribution in [0, 0.1) is 5.92 Å².